The number of hydrogen-bond acceptors (Lipinski definition) is 6. The van der Waals surface area contributed by atoms with E-state index in [1.807, 2.05) is 29.3 Å². The number of carbonyl (C=O) groups excluding carboxylic acids is 1. The minimum Gasteiger partial charge on any atom is -0.374 e. The highest BCUT2D eigenvalue weighted by molar-refractivity contribution is 7.09. The fraction of sp³-hybridized carbons (Fsp3) is 0.500. The molecule has 2 bridgehead atoms. The molecule has 1 amide bonds. The van der Waals surface area contributed by atoms with Crippen LogP contribution in [0.4, 0.5) is 0 Å². The molecule has 1 aliphatic heterocycles. The fourth-order valence-electron chi connectivity index (χ4n) is 3.64. The molecule has 2 aliphatic rings. The number of hydrogen-bond donors (Lipinski definition) is 0. The number of aryl methyl sites for hydroxylation is 1. The normalized spacial score (nSPS) is 25.8. The number of pyridine rings is 1. The van der Waals surface area contributed by atoms with E-state index in [0.717, 1.165) is 23.4 Å². The van der Waals surface area contributed by atoms with Crippen molar-refractivity contribution < 1.29 is 14.3 Å². The Kier molecular flexibility index (Phi) is 4.78. The molecule has 3 heterocycles. The standard InChI is InChI=1S/C18H21N3O3S/c1-12-20-14(11-25-12)18(22)21-8-9-23-16-3-2-15(21)17(16)24-10-13-4-6-19-7-5-13/h4-7,11,15-17H,2-3,8-10H2,1H3/t15-,16-,17-/m0/s1. The van der Waals surface area contributed by atoms with Gasteiger partial charge in [-0.25, -0.2) is 4.98 Å². The Hall–Kier alpha value is -1.83. The van der Waals surface area contributed by atoms with Crippen molar-refractivity contribution in [1.29, 1.82) is 0 Å². The third-order valence-corrected chi connectivity index (χ3v) is 5.62. The van der Waals surface area contributed by atoms with Crippen LogP contribution in [-0.2, 0) is 16.1 Å². The number of ether oxygens (including phenoxy) is 2. The Balaban J connectivity index is 1.50. The number of nitrogens with zero attached hydrogens (tertiary/aromatic N) is 3. The first-order chi connectivity index (χ1) is 12.2. The third-order valence-electron chi connectivity index (χ3n) is 4.85. The molecule has 7 heteroatoms. The number of rotatable bonds is 4. The average Bonchev–Trinajstić information content (AvgIpc) is 3.17. The maximum Gasteiger partial charge on any atom is 0.273 e. The summed E-state index contributed by atoms with van der Waals surface area (Å²) in [5.41, 5.74) is 1.60. The van der Waals surface area contributed by atoms with Gasteiger partial charge in [0, 0.05) is 24.3 Å². The fourth-order valence-corrected chi connectivity index (χ4v) is 4.23. The van der Waals surface area contributed by atoms with Gasteiger partial charge in [0.2, 0.25) is 0 Å². The van der Waals surface area contributed by atoms with Crippen molar-refractivity contribution in [2.45, 2.75) is 44.6 Å². The van der Waals surface area contributed by atoms with Crippen LogP contribution < -0.4 is 0 Å². The number of amides is 1. The second-order valence-corrected chi connectivity index (χ2v) is 7.50. The molecule has 2 aromatic rings. The Morgan fingerprint density at radius 2 is 2.24 bits per heavy atom. The maximum atomic E-state index is 12.9. The number of carbonyl (C=O) groups is 1. The Morgan fingerprint density at radius 1 is 1.40 bits per heavy atom. The van der Waals surface area contributed by atoms with Crippen LogP contribution in [0.1, 0.15) is 33.9 Å². The molecular weight excluding hydrogens is 338 g/mol. The van der Waals surface area contributed by atoms with Crippen molar-refractivity contribution in [2.75, 3.05) is 13.2 Å². The van der Waals surface area contributed by atoms with Crippen molar-refractivity contribution in [1.82, 2.24) is 14.9 Å². The lowest BCUT2D eigenvalue weighted by atomic mass is 10.1. The molecule has 2 fully saturated rings. The predicted octanol–water partition coefficient (Wildman–Crippen LogP) is 2.44. The van der Waals surface area contributed by atoms with E-state index in [1.165, 1.54) is 11.3 Å². The monoisotopic (exact) mass is 359 g/mol. The summed E-state index contributed by atoms with van der Waals surface area (Å²) >= 11 is 1.50. The van der Waals surface area contributed by atoms with Gasteiger partial charge in [-0.2, -0.15) is 0 Å². The predicted molar refractivity (Wildman–Crippen MR) is 93.5 cm³/mol. The van der Waals surface area contributed by atoms with Gasteiger partial charge in [0.05, 0.1) is 30.4 Å². The van der Waals surface area contributed by atoms with Gasteiger partial charge in [-0.05, 0) is 37.5 Å². The first kappa shape index (κ1) is 16.6. The molecule has 4 rings (SSSR count). The van der Waals surface area contributed by atoms with E-state index in [1.54, 1.807) is 12.4 Å². The van der Waals surface area contributed by atoms with E-state index in [2.05, 4.69) is 9.97 Å². The van der Waals surface area contributed by atoms with Gasteiger partial charge in [-0.3, -0.25) is 9.78 Å². The summed E-state index contributed by atoms with van der Waals surface area (Å²) in [5.74, 6) is -0.0157. The lowest BCUT2D eigenvalue weighted by molar-refractivity contribution is -0.0598. The Morgan fingerprint density at radius 3 is 3.00 bits per heavy atom. The second-order valence-electron chi connectivity index (χ2n) is 6.44. The van der Waals surface area contributed by atoms with E-state index >= 15 is 0 Å². The summed E-state index contributed by atoms with van der Waals surface area (Å²) in [6, 6.07) is 3.93. The second kappa shape index (κ2) is 7.19. The number of fused-ring (bicyclic) bond motifs is 2. The molecule has 6 nitrogen and oxygen atoms in total. The van der Waals surface area contributed by atoms with E-state index in [-0.39, 0.29) is 24.2 Å². The zero-order valence-corrected chi connectivity index (χ0v) is 14.9. The van der Waals surface area contributed by atoms with E-state index in [0.29, 0.717) is 25.5 Å². The van der Waals surface area contributed by atoms with Gasteiger partial charge in [-0.1, -0.05) is 0 Å². The first-order valence-corrected chi connectivity index (χ1v) is 9.45. The Bertz CT molecular complexity index is 736. The van der Waals surface area contributed by atoms with Crippen molar-refractivity contribution in [3.63, 3.8) is 0 Å². The molecular formula is C18H21N3O3S. The highest BCUT2D eigenvalue weighted by Gasteiger charge is 2.45. The minimum atomic E-state index is -0.0978. The maximum absolute atomic E-state index is 12.9. The molecule has 0 radical (unpaired) electrons. The van der Waals surface area contributed by atoms with Gasteiger partial charge >= 0.3 is 0 Å². The molecule has 0 N–H and O–H groups in total. The van der Waals surface area contributed by atoms with E-state index in [9.17, 15) is 4.79 Å². The quantitative estimate of drug-likeness (QED) is 0.839. The summed E-state index contributed by atoms with van der Waals surface area (Å²) in [4.78, 5) is 23.2. The SMILES string of the molecule is Cc1nc(C(=O)N2CCO[C@H]3CC[C@H]2[C@@H]3OCc2ccncc2)cs1. The summed E-state index contributed by atoms with van der Waals surface area (Å²) < 4.78 is 12.2. The van der Waals surface area contributed by atoms with Crippen molar-refractivity contribution in [3.05, 3.63) is 46.2 Å². The van der Waals surface area contributed by atoms with Gasteiger partial charge in [0.1, 0.15) is 11.8 Å². The van der Waals surface area contributed by atoms with Crippen LogP contribution in [0, 0.1) is 6.92 Å². The highest BCUT2D eigenvalue weighted by Crippen LogP contribution is 2.33. The molecule has 2 aromatic heterocycles. The summed E-state index contributed by atoms with van der Waals surface area (Å²) in [6.07, 6.45) is 5.31. The van der Waals surface area contributed by atoms with Crippen LogP contribution >= 0.6 is 11.3 Å². The lowest BCUT2D eigenvalue weighted by Crippen LogP contribution is -2.46. The molecule has 0 spiro atoms. The van der Waals surface area contributed by atoms with Crippen molar-refractivity contribution in [2.24, 2.45) is 0 Å². The van der Waals surface area contributed by atoms with Crippen LogP contribution in [0.5, 0.6) is 0 Å². The summed E-state index contributed by atoms with van der Waals surface area (Å²) in [5, 5.41) is 2.74. The molecule has 1 saturated heterocycles. The van der Waals surface area contributed by atoms with E-state index < -0.39 is 0 Å². The van der Waals surface area contributed by atoms with Crippen molar-refractivity contribution in [3.8, 4) is 0 Å². The summed E-state index contributed by atoms with van der Waals surface area (Å²) in [7, 11) is 0. The molecule has 0 aromatic carbocycles. The van der Waals surface area contributed by atoms with Gasteiger partial charge < -0.3 is 14.4 Å². The van der Waals surface area contributed by atoms with Gasteiger partial charge in [-0.15, -0.1) is 11.3 Å². The average molecular weight is 359 g/mol. The largest absolute Gasteiger partial charge is 0.374 e. The Labute approximate surface area is 150 Å². The van der Waals surface area contributed by atoms with Crippen molar-refractivity contribution >= 4 is 17.2 Å². The zero-order chi connectivity index (χ0) is 17.2. The third kappa shape index (κ3) is 3.44. The van der Waals surface area contributed by atoms with Crippen LogP contribution in [-0.4, -0.2) is 52.2 Å². The lowest BCUT2D eigenvalue weighted by Gasteiger charge is -2.30. The molecule has 3 atom stereocenters. The topological polar surface area (TPSA) is 64.6 Å². The molecule has 1 saturated carbocycles. The molecule has 132 valence electrons. The van der Waals surface area contributed by atoms with E-state index in [4.69, 9.17) is 9.47 Å². The number of aromatic nitrogens is 2. The van der Waals surface area contributed by atoms with Crippen LogP contribution in [0.25, 0.3) is 0 Å². The summed E-state index contributed by atoms with van der Waals surface area (Å²) in [6.45, 7) is 3.55. The van der Waals surface area contributed by atoms with Crippen LogP contribution in [0.15, 0.2) is 29.9 Å². The van der Waals surface area contributed by atoms with Crippen LogP contribution in [0.2, 0.25) is 0 Å². The molecule has 0 unspecified atom stereocenters. The van der Waals surface area contributed by atoms with Gasteiger partial charge in [0.15, 0.2) is 0 Å². The van der Waals surface area contributed by atoms with Gasteiger partial charge in [0.25, 0.3) is 5.91 Å². The zero-order valence-electron chi connectivity index (χ0n) is 14.1. The smallest absolute Gasteiger partial charge is 0.273 e. The number of thiazole rings is 1. The highest BCUT2D eigenvalue weighted by atomic mass is 32.1. The van der Waals surface area contributed by atoms with Crippen LogP contribution in [0.3, 0.4) is 0 Å². The minimum absolute atomic E-state index is 0.0157. The molecule has 25 heavy (non-hydrogen) atoms. The first-order valence-electron chi connectivity index (χ1n) is 8.57. The molecule has 1 aliphatic carbocycles.